The van der Waals surface area contributed by atoms with Crippen molar-refractivity contribution >= 4 is 5.91 Å². The predicted octanol–water partition coefficient (Wildman–Crippen LogP) is 9.73. The molecule has 0 saturated carbocycles. The average Bonchev–Trinajstić information content (AvgIpc) is 3.18. The van der Waals surface area contributed by atoms with Crippen LogP contribution < -0.4 is 5.32 Å². The number of aliphatic hydroxyl groups excluding tert-OH is 5. The lowest BCUT2D eigenvalue weighted by Crippen LogP contribution is -2.60. The van der Waals surface area contributed by atoms with Crippen LogP contribution in [0.2, 0.25) is 0 Å². The molecule has 7 atom stereocenters. The largest absolute Gasteiger partial charge is 0.394 e. The first-order valence-electron chi connectivity index (χ1n) is 23.4. The molecular formula is C46H89NO8. The van der Waals surface area contributed by atoms with Crippen molar-refractivity contribution in [2.45, 2.75) is 262 Å². The van der Waals surface area contributed by atoms with Crippen LogP contribution in [0.5, 0.6) is 0 Å². The molecule has 0 spiro atoms. The molecule has 0 bridgehead atoms. The van der Waals surface area contributed by atoms with E-state index in [1.807, 2.05) is 6.08 Å². The summed E-state index contributed by atoms with van der Waals surface area (Å²) in [5, 5.41) is 54.2. The Bertz CT molecular complexity index is 873. The summed E-state index contributed by atoms with van der Waals surface area (Å²) in [6.45, 7) is 3.79. The fourth-order valence-electron chi connectivity index (χ4n) is 7.57. The number of rotatable bonds is 39. The minimum atomic E-state index is -1.56. The van der Waals surface area contributed by atoms with E-state index in [2.05, 4.69) is 19.2 Å². The van der Waals surface area contributed by atoms with E-state index in [9.17, 15) is 30.3 Å². The highest BCUT2D eigenvalue weighted by Crippen LogP contribution is 2.23. The van der Waals surface area contributed by atoms with Crippen LogP contribution in [0.4, 0.5) is 0 Å². The number of carbonyl (C=O) groups excluding carboxylic acids is 1. The van der Waals surface area contributed by atoms with Gasteiger partial charge in [0.05, 0.1) is 25.4 Å². The molecule has 9 heteroatoms. The number of allylic oxidation sites excluding steroid dienone is 1. The van der Waals surface area contributed by atoms with E-state index in [1.54, 1.807) is 6.08 Å². The molecule has 1 rings (SSSR count). The van der Waals surface area contributed by atoms with Gasteiger partial charge < -0.3 is 40.3 Å². The summed E-state index contributed by atoms with van der Waals surface area (Å²) in [6, 6.07) is -0.798. The molecule has 0 aromatic rings. The van der Waals surface area contributed by atoms with Gasteiger partial charge in [0.25, 0.3) is 0 Å². The second kappa shape index (κ2) is 37.2. The molecule has 0 aromatic heterocycles. The minimum Gasteiger partial charge on any atom is -0.394 e. The van der Waals surface area contributed by atoms with Gasteiger partial charge in [0, 0.05) is 6.42 Å². The topological polar surface area (TPSA) is 149 Å². The summed E-state index contributed by atoms with van der Waals surface area (Å²) in [4.78, 5) is 12.9. The molecule has 0 aliphatic carbocycles. The lowest BCUT2D eigenvalue weighted by atomic mass is 9.99. The van der Waals surface area contributed by atoms with Crippen LogP contribution in [0.3, 0.4) is 0 Å². The molecule has 55 heavy (non-hydrogen) atoms. The Morgan fingerprint density at radius 3 is 1.42 bits per heavy atom. The molecule has 1 heterocycles. The van der Waals surface area contributed by atoms with Gasteiger partial charge in [0.15, 0.2) is 6.29 Å². The maximum atomic E-state index is 12.9. The molecule has 1 aliphatic rings. The first-order chi connectivity index (χ1) is 26.8. The Hall–Kier alpha value is -1.07. The van der Waals surface area contributed by atoms with E-state index in [-0.39, 0.29) is 12.5 Å². The number of nitrogens with one attached hydrogen (secondary N) is 1. The Kier molecular flexibility index (Phi) is 35.2. The van der Waals surface area contributed by atoms with Gasteiger partial charge in [-0.15, -0.1) is 0 Å². The smallest absolute Gasteiger partial charge is 0.220 e. The number of amides is 1. The molecule has 9 nitrogen and oxygen atoms in total. The number of hydrogen-bond donors (Lipinski definition) is 6. The van der Waals surface area contributed by atoms with Crippen LogP contribution in [-0.4, -0.2) is 87.5 Å². The Balaban J connectivity index is 2.35. The van der Waals surface area contributed by atoms with Gasteiger partial charge in [-0.05, 0) is 19.3 Å². The molecule has 2 unspecified atom stereocenters. The first-order valence-corrected chi connectivity index (χ1v) is 23.4. The van der Waals surface area contributed by atoms with E-state index < -0.39 is 49.5 Å². The van der Waals surface area contributed by atoms with E-state index in [4.69, 9.17) is 9.47 Å². The number of unbranched alkanes of at least 4 members (excludes halogenated alkanes) is 29. The van der Waals surface area contributed by atoms with E-state index in [1.165, 1.54) is 161 Å². The highest BCUT2D eigenvalue weighted by Gasteiger charge is 2.44. The molecule has 1 saturated heterocycles. The lowest BCUT2D eigenvalue weighted by Gasteiger charge is -2.40. The fourth-order valence-corrected chi connectivity index (χ4v) is 7.57. The van der Waals surface area contributed by atoms with Crippen molar-refractivity contribution in [2.24, 2.45) is 0 Å². The summed E-state index contributed by atoms with van der Waals surface area (Å²) in [7, 11) is 0. The van der Waals surface area contributed by atoms with Crippen LogP contribution >= 0.6 is 0 Å². The van der Waals surface area contributed by atoms with E-state index in [0.717, 1.165) is 38.5 Å². The van der Waals surface area contributed by atoms with Crippen molar-refractivity contribution < 1.29 is 39.8 Å². The van der Waals surface area contributed by atoms with Crippen LogP contribution in [0.15, 0.2) is 12.2 Å². The van der Waals surface area contributed by atoms with Crippen LogP contribution in [-0.2, 0) is 14.3 Å². The zero-order chi connectivity index (χ0) is 40.2. The standard InChI is InChI=1S/C46H89NO8/c1-3-5-7-9-11-13-15-17-19-21-23-25-27-29-31-33-35-40(49)39(38-54-46-45(53)44(52)43(51)41(37-48)55-46)47-42(50)36-34-32-30-28-26-24-22-20-18-16-14-12-10-8-6-4-2/h33,35,39-41,43-46,48-49,51-53H,3-32,34,36-38H2,1-2H3,(H,47,50)/b35-33+/t39-,40+,41+,43-,44?,45?,46+/m0/s1. The van der Waals surface area contributed by atoms with Gasteiger partial charge in [0.2, 0.25) is 5.91 Å². The van der Waals surface area contributed by atoms with Crippen molar-refractivity contribution in [3.63, 3.8) is 0 Å². The SMILES string of the molecule is CCCCCCCCCCCCCCCC/C=C/[C@@H](O)[C@H](CO[C@@H]1O[C@H](CO)[C@H](O)C(O)C1O)NC(=O)CCCCCCCCCCCCCCCCCC. The first kappa shape index (κ1) is 51.9. The molecule has 1 aliphatic heterocycles. The van der Waals surface area contributed by atoms with Gasteiger partial charge in [-0.3, -0.25) is 4.79 Å². The van der Waals surface area contributed by atoms with Gasteiger partial charge in [-0.25, -0.2) is 0 Å². The summed E-state index contributed by atoms with van der Waals surface area (Å²) in [5.74, 6) is -0.174. The third kappa shape index (κ3) is 28.1. The maximum Gasteiger partial charge on any atom is 0.220 e. The van der Waals surface area contributed by atoms with Crippen LogP contribution in [0.25, 0.3) is 0 Å². The molecule has 1 amide bonds. The second-order valence-corrected chi connectivity index (χ2v) is 16.6. The van der Waals surface area contributed by atoms with Gasteiger partial charge in [-0.1, -0.05) is 206 Å². The molecule has 0 aromatic carbocycles. The zero-order valence-corrected chi connectivity index (χ0v) is 35.7. The zero-order valence-electron chi connectivity index (χ0n) is 35.7. The van der Waals surface area contributed by atoms with Gasteiger partial charge in [0.1, 0.15) is 24.4 Å². The molecular weight excluding hydrogens is 695 g/mol. The molecule has 6 N–H and O–H groups in total. The monoisotopic (exact) mass is 784 g/mol. The van der Waals surface area contributed by atoms with E-state index >= 15 is 0 Å². The maximum absolute atomic E-state index is 12.9. The van der Waals surface area contributed by atoms with Crippen molar-refractivity contribution in [1.82, 2.24) is 5.32 Å². The normalized spacial score (nSPS) is 21.3. The second-order valence-electron chi connectivity index (χ2n) is 16.6. The Labute approximate surface area is 337 Å². The number of ether oxygens (including phenoxy) is 2. The number of hydrogen-bond acceptors (Lipinski definition) is 8. The predicted molar refractivity (Wildman–Crippen MR) is 226 cm³/mol. The quantitative estimate of drug-likeness (QED) is 0.0267. The summed E-state index contributed by atoms with van der Waals surface area (Å²) < 4.78 is 11.2. The summed E-state index contributed by atoms with van der Waals surface area (Å²) >= 11 is 0. The molecule has 0 radical (unpaired) electrons. The fraction of sp³-hybridized carbons (Fsp3) is 0.935. The molecule has 1 fully saturated rings. The van der Waals surface area contributed by atoms with Crippen molar-refractivity contribution in [1.29, 1.82) is 0 Å². The van der Waals surface area contributed by atoms with Crippen LogP contribution in [0.1, 0.15) is 219 Å². The average molecular weight is 784 g/mol. The van der Waals surface area contributed by atoms with Crippen LogP contribution in [0, 0.1) is 0 Å². The van der Waals surface area contributed by atoms with Crippen molar-refractivity contribution in [3.8, 4) is 0 Å². The Morgan fingerprint density at radius 2 is 1.00 bits per heavy atom. The highest BCUT2D eigenvalue weighted by molar-refractivity contribution is 5.76. The number of aliphatic hydroxyl groups is 5. The lowest BCUT2D eigenvalue weighted by molar-refractivity contribution is -0.302. The third-order valence-corrected chi connectivity index (χ3v) is 11.4. The highest BCUT2D eigenvalue weighted by atomic mass is 16.7. The van der Waals surface area contributed by atoms with Crippen molar-refractivity contribution in [3.05, 3.63) is 12.2 Å². The minimum absolute atomic E-state index is 0.174. The molecule has 326 valence electrons. The van der Waals surface area contributed by atoms with E-state index in [0.29, 0.717) is 6.42 Å². The van der Waals surface area contributed by atoms with Crippen molar-refractivity contribution in [2.75, 3.05) is 13.2 Å². The van der Waals surface area contributed by atoms with Gasteiger partial charge in [-0.2, -0.15) is 0 Å². The third-order valence-electron chi connectivity index (χ3n) is 11.4. The summed E-state index contributed by atoms with van der Waals surface area (Å²) in [5.41, 5.74) is 0. The van der Waals surface area contributed by atoms with Gasteiger partial charge >= 0.3 is 0 Å². The number of carbonyl (C=O) groups is 1. The Morgan fingerprint density at radius 1 is 0.600 bits per heavy atom. The summed E-state index contributed by atoms with van der Waals surface area (Å²) in [6.07, 6.45) is 35.3.